The summed E-state index contributed by atoms with van der Waals surface area (Å²) in [5, 5.41) is 0.975. The summed E-state index contributed by atoms with van der Waals surface area (Å²) in [6, 6.07) is 20.2. The molecule has 0 spiro atoms. The second-order valence-electron chi connectivity index (χ2n) is 7.10. The van der Waals surface area contributed by atoms with Gasteiger partial charge in [0.2, 0.25) is 5.91 Å². The summed E-state index contributed by atoms with van der Waals surface area (Å²) in [4.78, 5) is 23.8. The zero-order valence-corrected chi connectivity index (χ0v) is 16.1. The molecule has 0 atom stereocenters. The first-order valence-electron chi connectivity index (χ1n) is 9.44. The van der Waals surface area contributed by atoms with E-state index in [1.807, 2.05) is 53.6 Å². The average Bonchev–Trinajstić information content (AvgIpc) is 3.50. The van der Waals surface area contributed by atoms with Crippen molar-refractivity contribution in [2.75, 3.05) is 4.90 Å². The molecule has 2 aromatic heterocycles. The van der Waals surface area contributed by atoms with Gasteiger partial charge in [-0.25, -0.2) is 4.98 Å². The van der Waals surface area contributed by atoms with Crippen molar-refractivity contribution in [2.24, 2.45) is 5.92 Å². The number of pyridine rings is 1. The SMILES string of the molecule is O=C(C1CC1)N(Cc1cccnc1)c1cccc(-c2nc3ccccc3s2)c1. The molecule has 1 aliphatic rings. The number of nitrogens with zero attached hydrogens (tertiary/aromatic N) is 3. The van der Waals surface area contributed by atoms with Crippen LogP contribution in [-0.4, -0.2) is 15.9 Å². The van der Waals surface area contributed by atoms with Crippen molar-refractivity contribution in [1.29, 1.82) is 0 Å². The Bertz CT molecular complexity index is 1100. The molecular weight excluding hydrogens is 366 g/mol. The van der Waals surface area contributed by atoms with Crippen LogP contribution in [0, 0.1) is 5.92 Å². The lowest BCUT2D eigenvalue weighted by molar-refractivity contribution is -0.119. The molecule has 5 heteroatoms. The summed E-state index contributed by atoms with van der Waals surface area (Å²) in [5.74, 6) is 0.355. The van der Waals surface area contributed by atoms with E-state index in [9.17, 15) is 4.79 Å². The Morgan fingerprint density at radius 1 is 1.07 bits per heavy atom. The number of hydrogen-bond acceptors (Lipinski definition) is 4. The van der Waals surface area contributed by atoms with Gasteiger partial charge in [0.25, 0.3) is 0 Å². The molecule has 1 saturated carbocycles. The molecule has 0 N–H and O–H groups in total. The topological polar surface area (TPSA) is 46.1 Å². The monoisotopic (exact) mass is 385 g/mol. The number of carbonyl (C=O) groups is 1. The molecule has 1 amide bonds. The molecule has 1 fully saturated rings. The van der Waals surface area contributed by atoms with Crippen molar-refractivity contribution in [3.05, 3.63) is 78.6 Å². The van der Waals surface area contributed by atoms with Crippen molar-refractivity contribution >= 4 is 33.1 Å². The standard InChI is InChI=1S/C23H19N3OS/c27-23(17-10-11-17)26(15-16-5-4-12-24-14-16)19-7-3-6-18(13-19)22-25-20-8-1-2-9-21(20)28-22/h1-9,12-14,17H,10-11,15H2. The van der Waals surface area contributed by atoms with Gasteiger partial charge in [0.15, 0.2) is 0 Å². The Morgan fingerprint density at radius 2 is 1.96 bits per heavy atom. The van der Waals surface area contributed by atoms with Crippen LogP contribution in [0.3, 0.4) is 0 Å². The first-order chi connectivity index (χ1) is 13.8. The maximum absolute atomic E-state index is 13.0. The second kappa shape index (κ2) is 7.17. The van der Waals surface area contributed by atoms with Crippen LogP contribution in [0.1, 0.15) is 18.4 Å². The van der Waals surface area contributed by atoms with Gasteiger partial charge in [0, 0.05) is 29.6 Å². The van der Waals surface area contributed by atoms with Crippen LogP contribution in [0.25, 0.3) is 20.8 Å². The van der Waals surface area contributed by atoms with Gasteiger partial charge in [-0.3, -0.25) is 9.78 Å². The van der Waals surface area contributed by atoms with Crippen molar-refractivity contribution in [3.8, 4) is 10.6 Å². The maximum atomic E-state index is 13.0. The predicted octanol–water partition coefficient (Wildman–Crippen LogP) is 5.30. The van der Waals surface area contributed by atoms with Gasteiger partial charge in [0.1, 0.15) is 5.01 Å². The van der Waals surface area contributed by atoms with Crippen LogP contribution in [0.4, 0.5) is 5.69 Å². The minimum atomic E-state index is 0.155. The fourth-order valence-electron chi connectivity index (χ4n) is 3.32. The minimum absolute atomic E-state index is 0.155. The molecule has 0 aliphatic heterocycles. The molecule has 0 bridgehead atoms. The minimum Gasteiger partial charge on any atom is -0.308 e. The van der Waals surface area contributed by atoms with E-state index in [2.05, 4.69) is 23.2 Å². The molecule has 5 rings (SSSR count). The number of rotatable bonds is 5. The van der Waals surface area contributed by atoms with Gasteiger partial charge in [-0.2, -0.15) is 0 Å². The number of aromatic nitrogens is 2. The first kappa shape index (κ1) is 17.1. The van der Waals surface area contributed by atoms with E-state index < -0.39 is 0 Å². The number of anilines is 1. The van der Waals surface area contributed by atoms with E-state index in [1.165, 1.54) is 4.70 Å². The number of carbonyl (C=O) groups excluding carboxylic acids is 1. The maximum Gasteiger partial charge on any atom is 0.230 e. The molecule has 2 heterocycles. The summed E-state index contributed by atoms with van der Waals surface area (Å²) < 4.78 is 1.17. The molecule has 4 nitrogen and oxygen atoms in total. The molecule has 1 aliphatic carbocycles. The fourth-order valence-corrected chi connectivity index (χ4v) is 4.29. The van der Waals surface area contributed by atoms with Crippen LogP contribution in [0.2, 0.25) is 0 Å². The summed E-state index contributed by atoms with van der Waals surface area (Å²) in [7, 11) is 0. The van der Waals surface area contributed by atoms with Crippen LogP contribution >= 0.6 is 11.3 Å². The lowest BCUT2D eigenvalue weighted by Crippen LogP contribution is -2.31. The zero-order valence-electron chi connectivity index (χ0n) is 15.3. The van der Waals surface area contributed by atoms with Gasteiger partial charge in [-0.15, -0.1) is 11.3 Å². The van der Waals surface area contributed by atoms with Crippen molar-refractivity contribution in [2.45, 2.75) is 19.4 Å². The van der Waals surface area contributed by atoms with Gasteiger partial charge < -0.3 is 4.90 Å². The highest BCUT2D eigenvalue weighted by molar-refractivity contribution is 7.21. The molecule has 0 saturated heterocycles. The third kappa shape index (κ3) is 3.41. The van der Waals surface area contributed by atoms with E-state index in [4.69, 9.17) is 4.98 Å². The summed E-state index contributed by atoms with van der Waals surface area (Å²) in [6.45, 7) is 0.534. The number of hydrogen-bond donors (Lipinski definition) is 0. The highest BCUT2D eigenvalue weighted by Crippen LogP contribution is 2.36. The molecule has 0 radical (unpaired) electrons. The molecule has 138 valence electrons. The summed E-state index contributed by atoms with van der Waals surface area (Å²) in [6.07, 6.45) is 5.55. The molecule has 2 aromatic carbocycles. The first-order valence-corrected chi connectivity index (χ1v) is 10.3. The van der Waals surface area contributed by atoms with Gasteiger partial charge >= 0.3 is 0 Å². The van der Waals surface area contributed by atoms with E-state index >= 15 is 0 Å². The highest BCUT2D eigenvalue weighted by atomic mass is 32.1. The van der Waals surface area contributed by atoms with Crippen LogP contribution in [0.5, 0.6) is 0 Å². The van der Waals surface area contributed by atoms with E-state index in [1.54, 1.807) is 17.5 Å². The second-order valence-corrected chi connectivity index (χ2v) is 8.13. The van der Waals surface area contributed by atoms with E-state index in [-0.39, 0.29) is 11.8 Å². The van der Waals surface area contributed by atoms with Gasteiger partial charge in [0.05, 0.1) is 16.8 Å². The smallest absolute Gasteiger partial charge is 0.230 e. The third-order valence-corrected chi connectivity index (χ3v) is 6.04. The Labute approximate surface area is 167 Å². The lowest BCUT2D eigenvalue weighted by atomic mass is 10.1. The molecular formula is C23H19N3OS. The fraction of sp³-hybridized carbons (Fsp3) is 0.174. The number of thiazole rings is 1. The summed E-state index contributed by atoms with van der Waals surface area (Å²) in [5.41, 5.74) is 3.99. The van der Waals surface area contributed by atoms with Crippen molar-refractivity contribution < 1.29 is 4.79 Å². The lowest BCUT2D eigenvalue weighted by Gasteiger charge is -2.23. The third-order valence-electron chi connectivity index (χ3n) is 4.95. The van der Waals surface area contributed by atoms with E-state index in [0.29, 0.717) is 6.54 Å². The van der Waals surface area contributed by atoms with Crippen molar-refractivity contribution in [3.63, 3.8) is 0 Å². The van der Waals surface area contributed by atoms with Crippen LogP contribution in [0.15, 0.2) is 73.1 Å². The van der Waals surface area contributed by atoms with Gasteiger partial charge in [-0.05, 0) is 48.7 Å². The average molecular weight is 385 g/mol. The van der Waals surface area contributed by atoms with Crippen molar-refractivity contribution in [1.82, 2.24) is 9.97 Å². The quantitative estimate of drug-likeness (QED) is 0.468. The Kier molecular flexibility index (Phi) is 4.37. The number of benzene rings is 2. The molecule has 4 aromatic rings. The van der Waals surface area contributed by atoms with E-state index in [0.717, 1.165) is 40.2 Å². The number of amides is 1. The number of para-hydroxylation sites is 1. The van der Waals surface area contributed by atoms with Crippen LogP contribution in [-0.2, 0) is 11.3 Å². The largest absolute Gasteiger partial charge is 0.308 e. The number of fused-ring (bicyclic) bond motifs is 1. The Morgan fingerprint density at radius 3 is 2.75 bits per heavy atom. The molecule has 0 unspecified atom stereocenters. The highest BCUT2D eigenvalue weighted by Gasteiger charge is 2.34. The van der Waals surface area contributed by atoms with Crippen LogP contribution < -0.4 is 4.90 Å². The zero-order chi connectivity index (χ0) is 18.9. The summed E-state index contributed by atoms with van der Waals surface area (Å²) >= 11 is 1.68. The van der Waals surface area contributed by atoms with Gasteiger partial charge in [-0.1, -0.05) is 30.3 Å². The normalized spacial score (nSPS) is 13.6. The Balaban J connectivity index is 1.51. The Hall–Kier alpha value is -3.05. The predicted molar refractivity (Wildman–Crippen MR) is 113 cm³/mol. The molecule has 28 heavy (non-hydrogen) atoms.